The Labute approximate surface area is 106 Å². The Kier molecular flexibility index (Phi) is 3.54. The first-order chi connectivity index (χ1) is 7.99. The van der Waals surface area contributed by atoms with Crippen LogP contribution in [0.1, 0.15) is 13.8 Å². The molecule has 1 aliphatic rings. The van der Waals surface area contributed by atoms with Crippen LogP contribution in [0.3, 0.4) is 0 Å². The zero-order valence-corrected chi connectivity index (χ0v) is 11.1. The first-order valence-corrected chi connectivity index (χ1v) is 6.15. The van der Waals surface area contributed by atoms with Gasteiger partial charge >= 0.3 is 0 Å². The van der Waals surface area contributed by atoms with E-state index in [-0.39, 0.29) is 5.02 Å². The monoisotopic (exact) mass is 257 g/mol. The number of aromatic nitrogens is 1. The number of rotatable bonds is 1. The molecule has 0 N–H and O–H groups in total. The number of hydrogen-bond acceptors (Lipinski definition) is 3. The van der Waals surface area contributed by atoms with Gasteiger partial charge in [0.2, 0.25) is 5.95 Å². The Morgan fingerprint density at radius 1 is 1.29 bits per heavy atom. The minimum Gasteiger partial charge on any atom is -0.349 e. The van der Waals surface area contributed by atoms with Gasteiger partial charge in [0.1, 0.15) is 5.82 Å². The van der Waals surface area contributed by atoms with E-state index < -0.39 is 5.95 Å². The lowest BCUT2D eigenvalue weighted by Crippen LogP contribution is -2.56. The normalized spacial score (nSPS) is 26.3. The third-order valence-corrected chi connectivity index (χ3v) is 3.44. The molecule has 2 rings (SSSR count). The van der Waals surface area contributed by atoms with Crippen molar-refractivity contribution in [1.82, 2.24) is 9.88 Å². The van der Waals surface area contributed by atoms with E-state index in [1.807, 2.05) is 0 Å². The summed E-state index contributed by atoms with van der Waals surface area (Å²) < 4.78 is 13.4. The lowest BCUT2D eigenvalue weighted by molar-refractivity contribution is 0.239. The van der Waals surface area contributed by atoms with Crippen LogP contribution < -0.4 is 4.90 Å². The molecule has 1 saturated heterocycles. The fourth-order valence-electron chi connectivity index (χ4n) is 2.59. The Balaban J connectivity index is 2.28. The van der Waals surface area contributed by atoms with Gasteiger partial charge in [0, 0.05) is 25.2 Å². The van der Waals surface area contributed by atoms with Gasteiger partial charge in [-0.1, -0.05) is 11.6 Å². The molecular formula is C12H17ClFN3. The van der Waals surface area contributed by atoms with Gasteiger partial charge in [0.25, 0.3) is 0 Å². The van der Waals surface area contributed by atoms with Crippen LogP contribution in [-0.4, -0.2) is 42.1 Å². The SMILES string of the molecule is C[C@H]1CN(C)C[C@H](C)N1c1ccc(Cl)c(F)n1. The van der Waals surface area contributed by atoms with Gasteiger partial charge < -0.3 is 9.80 Å². The summed E-state index contributed by atoms with van der Waals surface area (Å²) in [5.41, 5.74) is 0. The van der Waals surface area contributed by atoms with Gasteiger partial charge in [0.05, 0.1) is 5.02 Å². The molecule has 5 heteroatoms. The third kappa shape index (κ3) is 2.53. The Morgan fingerprint density at radius 3 is 2.41 bits per heavy atom. The average molecular weight is 258 g/mol. The number of likely N-dealkylation sites (N-methyl/N-ethyl adjacent to an activating group) is 1. The second-order valence-electron chi connectivity index (χ2n) is 4.77. The summed E-state index contributed by atoms with van der Waals surface area (Å²) in [5, 5.41) is 0.0724. The van der Waals surface area contributed by atoms with Gasteiger partial charge in [0.15, 0.2) is 0 Å². The summed E-state index contributed by atoms with van der Waals surface area (Å²) in [6.45, 7) is 6.16. The van der Waals surface area contributed by atoms with E-state index in [2.05, 4.69) is 35.7 Å². The highest BCUT2D eigenvalue weighted by molar-refractivity contribution is 6.30. The molecule has 0 bridgehead atoms. The third-order valence-electron chi connectivity index (χ3n) is 3.15. The van der Waals surface area contributed by atoms with Crippen molar-refractivity contribution >= 4 is 17.4 Å². The van der Waals surface area contributed by atoms with E-state index >= 15 is 0 Å². The largest absolute Gasteiger partial charge is 0.349 e. The molecule has 17 heavy (non-hydrogen) atoms. The van der Waals surface area contributed by atoms with E-state index in [1.54, 1.807) is 12.1 Å². The highest BCUT2D eigenvalue weighted by Crippen LogP contribution is 2.24. The number of piperazine rings is 1. The Morgan fingerprint density at radius 2 is 1.88 bits per heavy atom. The van der Waals surface area contributed by atoms with Crippen LogP contribution in [0, 0.1) is 5.95 Å². The van der Waals surface area contributed by atoms with Crippen LogP contribution in [0.25, 0.3) is 0 Å². The Hall–Kier alpha value is -0.870. The van der Waals surface area contributed by atoms with Crippen LogP contribution in [0.2, 0.25) is 5.02 Å². The van der Waals surface area contributed by atoms with Crippen molar-refractivity contribution in [3.8, 4) is 0 Å². The summed E-state index contributed by atoms with van der Waals surface area (Å²) in [6, 6.07) is 3.98. The maximum Gasteiger partial charge on any atom is 0.233 e. The highest BCUT2D eigenvalue weighted by Gasteiger charge is 2.28. The Bertz CT molecular complexity index is 401. The first kappa shape index (κ1) is 12.6. The zero-order valence-electron chi connectivity index (χ0n) is 10.3. The summed E-state index contributed by atoms with van der Waals surface area (Å²) in [5.74, 6) is 0.0718. The summed E-state index contributed by atoms with van der Waals surface area (Å²) in [6.07, 6.45) is 0. The van der Waals surface area contributed by atoms with Gasteiger partial charge in [-0.15, -0.1) is 0 Å². The fourth-order valence-corrected chi connectivity index (χ4v) is 2.70. The smallest absolute Gasteiger partial charge is 0.233 e. The molecular weight excluding hydrogens is 241 g/mol. The average Bonchev–Trinajstić information content (AvgIpc) is 2.21. The van der Waals surface area contributed by atoms with Crippen LogP contribution >= 0.6 is 11.6 Å². The standard InChI is InChI=1S/C12H17ClFN3/c1-8-6-16(3)7-9(2)17(8)11-5-4-10(13)12(14)15-11/h4-5,8-9H,6-7H2,1-3H3/t8-,9-/m0/s1. The predicted molar refractivity (Wildman–Crippen MR) is 68.1 cm³/mol. The number of nitrogens with zero attached hydrogens (tertiary/aromatic N) is 3. The maximum absolute atomic E-state index is 13.4. The van der Waals surface area contributed by atoms with E-state index in [9.17, 15) is 4.39 Å². The molecule has 1 aromatic heterocycles. The molecule has 0 aliphatic carbocycles. The minimum absolute atomic E-state index is 0.0724. The quantitative estimate of drug-likeness (QED) is 0.721. The molecule has 0 amide bonds. The summed E-state index contributed by atoms with van der Waals surface area (Å²) >= 11 is 5.65. The predicted octanol–water partition coefficient (Wildman–Crippen LogP) is 2.40. The van der Waals surface area contributed by atoms with Crippen molar-refractivity contribution in [3.63, 3.8) is 0 Å². The summed E-state index contributed by atoms with van der Waals surface area (Å²) in [7, 11) is 2.10. The fraction of sp³-hybridized carbons (Fsp3) is 0.583. The van der Waals surface area contributed by atoms with Crippen LogP contribution in [0.4, 0.5) is 10.2 Å². The molecule has 2 heterocycles. The molecule has 0 radical (unpaired) electrons. The van der Waals surface area contributed by atoms with E-state index in [1.165, 1.54) is 0 Å². The van der Waals surface area contributed by atoms with Crippen molar-refractivity contribution in [3.05, 3.63) is 23.1 Å². The van der Waals surface area contributed by atoms with Crippen LogP contribution in [0.15, 0.2) is 12.1 Å². The lowest BCUT2D eigenvalue weighted by atomic mass is 10.1. The molecule has 1 aliphatic heterocycles. The molecule has 0 spiro atoms. The van der Waals surface area contributed by atoms with Crippen molar-refractivity contribution in [2.24, 2.45) is 0 Å². The van der Waals surface area contributed by atoms with Crippen molar-refractivity contribution < 1.29 is 4.39 Å². The topological polar surface area (TPSA) is 19.4 Å². The molecule has 1 fully saturated rings. The molecule has 3 nitrogen and oxygen atoms in total. The maximum atomic E-state index is 13.4. The zero-order chi connectivity index (χ0) is 12.6. The van der Waals surface area contributed by atoms with E-state index in [4.69, 9.17) is 11.6 Å². The van der Waals surface area contributed by atoms with Crippen LogP contribution in [0.5, 0.6) is 0 Å². The molecule has 0 aromatic carbocycles. The molecule has 1 aromatic rings. The molecule has 0 saturated carbocycles. The molecule has 2 atom stereocenters. The highest BCUT2D eigenvalue weighted by atomic mass is 35.5. The molecule has 0 unspecified atom stereocenters. The second kappa shape index (κ2) is 4.78. The van der Waals surface area contributed by atoms with Gasteiger partial charge in [-0.25, -0.2) is 4.98 Å². The minimum atomic E-state index is -0.595. The number of halogens is 2. The number of hydrogen-bond donors (Lipinski definition) is 0. The van der Waals surface area contributed by atoms with Crippen LogP contribution in [-0.2, 0) is 0 Å². The van der Waals surface area contributed by atoms with E-state index in [0.717, 1.165) is 13.1 Å². The first-order valence-electron chi connectivity index (χ1n) is 5.78. The summed E-state index contributed by atoms with van der Waals surface area (Å²) in [4.78, 5) is 8.36. The molecule has 94 valence electrons. The number of anilines is 1. The van der Waals surface area contributed by atoms with Gasteiger partial charge in [-0.05, 0) is 33.0 Å². The van der Waals surface area contributed by atoms with Gasteiger partial charge in [-0.2, -0.15) is 4.39 Å². The van der Waals surface area contributed by atoms with E-state index in [0.29, 0.717) is 17.9 Å². The van der Waals surface area contributed by atoms with Gasteiger partial charge in [-0.3, -0.25) is 0 Å². The van der Waals surface area contributed by atoms with Crippen molar-refractivity contribution in [2.45, 2.75) is 25.9 Å². The van der Waals surface area contributed by atoms with Crippen molar-refractivity contribution in [1.29, 1.82) is 0 Å². The van der Waals surface area contributed by atoms with Crippen molar-refractivity contribution in [2.75, 3.05) is 25.0 Å². The second-order valence-corrected chi connectivity index (χ2v) is 5.18. The number of pyridine rings is 1. The lowest BCUT2D eigenvalue weighted by Gasteiger charge is -2.44.